The average Bonchev–Trinajstić information content (AvgIpc) is 2.75. The molecular weight excluding hydrogens is 418 g/mol. The lowest BCUT2D eigenvalue weighted by Crippen LogP contribution is -2.49. The van der Waals surface area contributed by atoms with E-state index in [1.807, 2.05) is 35.2 Å². The van der Waals surface area contributed by atoms with E-state index in [4.69, 9.17) is 9.69 Å². The third-order valence-corrected chi connectivity index (χ3v) is 10.7. The van der Waals surface area contributed by atoms with Crippen LogP contribution in [0.15, 0.2) is 42.6 Å². The van der Waals surface area contributed by atoms with Gasteiger partial charge in [0.25, 0.3) is 8.32 Å². The Morgan fingerprint density at radius 2 is 1.78 bits per heavy atom. The molecule has 8 heteroatoms. The van der Waals surface area contributed by atoms with Crippen molar-refractivity contribution in [2.45, 2.75) is 45.4 Å². The molecular formula is C24H33N5O2Si. The van der Waals surface area contributed by atoms with Crippen molar-refractivity contribution in [1.82, 2.24) is 14.8 Å². The van der Waals surface area contributed by atoms with Crippen LogP contribution in [0.5, 0.6) is 5.75 Å². The largest absolute Gasteiger partial charge is 0.542 e. The Morgan fingerprint density at radius 3 is 2.31 bits per heavy atom. The highest BCUT2D eigenvalue weighted by Gasteiger charge is 2.39. The fraction of sp³-hybridized carbons (Fsp3) is 0.458. The maximum absolute atomic E-state index is 12.6. The number of amides is 2. The van der Waals surface area contributed by atoms with Crippen LogP contribution in [0.3, 0.4) is 0 Å². The van der Waals surface area contributed by atoms with Crippen LogP contribution in [0.4, 0.5) is 10.6 Å². The number of carbonyl (C=O) groups excluding carboxylic acids is 1. The van der Waals surface area contributed by atoms with Crippen LogP contribution in [-0.2, 0) is 6.54 Å². The summed E-state index contributed by atoms with van der Waals surface area (Å²) in [5.41, 5.74) is 1.84. The number of anilines is 1. The van der Waals surface area contributed by atoms with Gasteiger partial charge in [0, 0.05) is 32.7 Å². The zero-order valence-electron chi connectivity index (χ0n) is 19.7. The molecule has 1 saturated heterocycles. The van der Waals surface area contributed by atoms with E-state index >= 15 is 0 Å². The summed E-state index contributed by atoms with van der Waals surface area (Å²) in [5, 5.41) is 11.9. The highest BCUT2D eigenvalue weighted by molar-refractivity contribution is 6.74. The molecule has 1 aliphatic rings. The summed E-state index contributed by atoms with van der Waals surface area (Å²) in [6.45, 7) is 14.7. The molecule has 0 aliphatic carbocycles. The molecule has 0 unspecified atom stereocenters. The number of rotatable bonds is 5. The summed E-state index contributed by atoms with van der Waals surface area (Å²) in [6, 6.07) is 13.3. The molecule has 0 radical (unpaired) electrons. The van der Waals surface area contributed by atoms with Gasteiger partial charge in [0.15, 0.2) is 0 Å². The SMILES string of the molecule is CC(C)(C)[Si](C)(C)Oc1ccc(NC(=O)N2CCN(Cc3ccc(C#N)cc3)CC2)nc1. The summed E-state index contributed by atoms with van der Waals surface area (Å²) in [7, 11) is -1.92. The Kier molecular flexibility index (Phi) is 7.21. The molecule has 32 heavy (non-hydrogen) atoms. The number of aromatic nitrogens is 1. The second-order valence-electron chi connectivity index (χ2n) is 9.74. The predicted molar refractivity (Wildman–Crippen MR) is 129 cm³/mol. The molecule has 1 aromatic heterocycles. The minimum absolute atomic E-state index is 0.113. The summed E-state index contributed by atoms with van der Waals surface area (Å²) in [6.07, 6.45) is 1.69. The number of piperazine rings is 1. The van der Waals surface area contributed by atoms with Gasteiger partial charge >= 0.3 is 6.03 Å². The first kappa shape index (κ1) is 23.8. The van der Waals surface area contributed by atoms with E-state index in [0.29, 0.717) is 24.5 Å². The summed E-state index contributed by atoms with van der Waals surface area (Å²) in [4.78, 5) is 21.2. The van der Waals surface area contributed by atoms with E-state index in [9.17, 15) is 4.79 Å². The van der Waals surface area contributed by atoms with Crippen molar-refractivity contribution in [1.29, 1.82) is 5.26 Å². The van der Waals surface area contributed by atoms with Gasteiger partial charge in [0.05, 0.1) is 17.8 Å². The lowest BCUT2D eigenvalue weighted by Gasteiger charge is -2.36. The van der Waals surface area contributed by atoms with Gasteiger partial charge in [-0.05, 0) is 48.0 Å². The predicted octanol–water partition coefficient (Wildman–Crippen LogP) is 4.69. The van der Waals surface area contributed by atoms with Crippen molar-refractivity contribution < 1.29 is 9.22 Å². The van der Waals surface area contributed by atoms with Crippen LogP contribution in [-0.4, -0.2) is 55.3 Å². The van der Waals surface area contributed by atoms with Gasteiger partial charge in [0.2, 0.25) is 0 Å². The number of urea groups is 1. The standard InChI is InChI=1S/C24H33N5O2Si/c1-24(2,3)32(4,5)31-21-10-11-22(26-17-21)27-23(30)29-14-12-28(13-15-29)18-20-8-6-19(16-25)7-9-20/h6-11,17H,12-15,18H2,1-5H3,(H,26,27,30). The van der Waals surface area contributed by atoms with Gasteiger partial charge in [-0.2, -0.15) is 5.26 Å². The minimum atomic E-state index is -1.92. The highest BCUT2D eigenvalue weighted by atomic mass is 28.4. The highest BCUT2D eigenvalue weighted by Crippen LogP contribution is 2.37. The van der Waals surface area contributed by atoms with Gasteiger partial charge in [-0.25, -0.2) is 9.78 Å². The Hall–Kier alpha value is -2.89. The monoisotopic (exact) mass is 451 g/mol. The van der Waals surface area contributed by atoms with Crippen LogP contribution in [0.25, 0.3) is 0 Å². The fourth-order valence-corrected chi connectivity index (χ4v) is 4.22. The van der Waals surface area contributed by atoms with Crippen molar-refractivity contribution in [3.63, 3.8) is 0 Å². The number of hydrogen-bond donors (Lipinski definition) is 1. The minimum Gasteiger partial charge on any atom is -0.542 e. The molecule has 3 rings (SSSR count). The topological polar surface area (TPSA) is 81.5 Å². The average molecular weight is 452 g/mol. The van der Waals surface area contributed by atoms with E-state index in [1.54, 1.807) is 12.3 Å². The van der Waals surface area contributed by atoms with E-state index in [2.05, 4.69) is 55.1 Å². The molecule has 0 spiro atoms. The van der Waals surface area contributed by atoms with Crippen LogP contribution in [0.1, 0.15) is 31.9 Å². The zero-order chi connectivity index (χ0) is 23.4. The number of hydrogen-bond acceptors (Lipinski definition) is 5. The maximum Gasteiger partial charge on any atom is 0.323 e. The molecule has 1 fully saturated rings. The third kappa shape index (κ3) is 6.08. The summed E-state index contributed by atoms with van der Waals surface area (Å²) in [5.74, 6) is 1.27. The first-order valence-electron chi connectivity index (χ1n) is 11.0. The van der Waals surface area contributed by atoms with Crippen molar-refractivity contribution in [3.8, 4) is 11.8 Å². The smallest absolute Gasteiger partial charge is 0.323 e. The Labute approximate surface area is 192 Å². The molecule has 1 N–H and O–H groups in total. The van der Waals surface area contributed by atoms with Crippen molar-refractivity contribution >= 4 is 20.2 Å². The molecule has 2 amide bonds. The molecule has 1 aromatic carbocycles. The normalized spacial score (nSPS) is 15.2. The van der Waals surface area contributed by atoms with Gasteiger partial charge < -0.3 is 9.33 Å². The maximum atomic E-state index is 12.6. The lowest BCUT2D eigenvalue weighted by atomic mass is 10.1. The van der Waals surface area contributed by atoms with Crippen molar-refractivity contribution in [2.24, 2.45) is 0 Å². The number of nitriles is 1. The van der Waals surface area contributed by atoms with Gasteiger partial charge in [-0.1, -0.05) is 32.9 Å². The molecule has 0 atom stereocenters. The number of pyridine rings is 1. The fourth-order valence-electron chi connectivity index (χ4n) is 3.20. The number of nitrogens with one attached hydrogen (secondary N) is 1. The van der Waals surface area contributed by atoms with E-state index in [-0.39, 0.29) is 11.1 Å². The summed E-state index contributed by atoms with van der Waals surface area (Å²) >= 11 is 0. The zero-order valence-corrected chi connectivity index (χ0v) is 20.7. The Bertz CT molecular complexity index is 954. The summed E-state index contributed by atoms with van der Waals surface area (Å²) < 4.78 is 6.25. The Balaban J connectivity index is 1.48. The molecule has 7 nitrogen and oxygen atoms in total. The molecule has 0 bridgehead atoms. The Morgan fingerprint density at radius 1 is 1.12 bits per heavy atom. The van der Waals surface area contributed by atoms with Gasteiger partial charge in [0.1, 0.15) is 11.6 Å². The molecule has 0 saturated carbocycles. The van der Waals surface area contributed by atoms with Crippen molar-refractivity contribution in [3.05, 3.63) is 53.7 Å². The molecule has 2 aromatic rings. The van der Waals surface area contributed by atoms with E-state index < -0.39 is 8.32 Å². The number of carbonyl (C=O) groups is 1. The van der Waals surface area contributed by atoms with Gasteiger partial charge in [-0.3, -0.25) is 10.2 Å². The number of nitrogens with zero attached hydrogens (tertiary/aromatic N) is 4. The molecule has 1 aliphatic heterocycles. The third-order valence-electron chi connectivity index (χ3n) is 6.30. The van der Waals surface area contributed by atoms with Crippen molar-refractivity contribution in [2.75, 3.05) is 31.5 Å². The van der Waals surface area contributed by atoms with Crippen LogP contribution in [0, 0.1) is 11.3 Å². The second kappa shape index (κ2) is 9.71. The van der Waals surface area contributed by atoms with Crippen LogP contribution >= 0.6 is 0 Å². The quantitative estimate of drug-likeness (QED) is 0.667. The van der Waals surface area contributed by atoms with Crippen LogP contribution in [0.2, 0.25) is 18.1 Å². The van der Waals surface area contributed by atoms with E-state index in [0.717, 1.165) is 25.4 Å². The second-order valence-corrected chi connectivity index (χ2v) is 14.5. The first-order chi connectivity index (χ1) is 15.1. The van der Waals surface area contributed by atoms with Gasteiger partial charge in [-0.15, -0.1) is 0 Å². The number of benzene rings is 1. The van der Waals surface area contributed by atoms with E-state index in [1.165, 1.54) is 5.56 Å². The molecule has 2 heterocycles. The first-order valence-corrected chi connectivity index (χ1v) is 13.9. The lowest BCUT2D eigenvalue weighted by molar-refractivity contribution is 0.143. The molecule has 170 valence electrons. The van der Waals surface area contributed by atoms with Crippen LogP contribution < -0.4 is 9.74 Å².